The number of hydrogen-bond acceptors (Lipinski definition) is 2. The number of rotatable bonds is 3. The van der Waals surface area contributed by atoms with Crippen molar-refractivity contribution in [3.8, 4) is 0 Å². The van der Waals surface area contributed by atoms with Crippen LogP contribution < -0.4 is 5.32 Å². The smallest absolute Gasteiger partial charge is 0.123 e. The van der Waals surface area contributed by atoms with Crippen molar-refractivity contribution >= 4 is 23.2 Å². The Balaban J connectivity index is 2.50. The molecule has 0 amide bonds. The number of pyridine rings is 1. The minimum atomic E-state index is -0.258. The summed E-state index contributed by atoms with van der Waals surface area (Å²) in [5.41, 5.74) is 2.44. The summed E-state index contributed by atoms with van der Waals surface area (Å²) in [5, 5.41) is 4.11. The van der Waals surface area contributed by atoms with E-state index in [1.807, 2.05) is 6.92 Å². The largest absolute Gasteiger partial charge is 0.308 e. The molecule has 0 radical (unpaired) electrons. The Kier molecular flexibility index (Phi) is 4.40. The van der Waals surface area contributed by atoms with Crippen LogP contribution in [0.2, 0.25) is 10.0 Å². The van der Waals surface area contributed by atoms with Gasteiger partial charge in [0.05, 0.1) is 21.8 Å². The van der Waals surface area contributed by atoms with E-state index in [9.17, 15) is 4.39 Å². The van der Waals surface area contributed by atoms with Crippen LogP contribution in [0, 0.1) is 12.7 Å². The van der Waals surface area contributed by atoms with Crippen molar-refractivity contribution in [1.29, 1.82) is 0 Å². The monoisotopic (exact) mass is 298 g/mol. The van der Waals surface area contributed by atoms with Crippen LogP contribution in [-0.2, 0) is 0 Å². The molecule has 2 aromatic rings. The summed E-state index contributed by atoms with van der Waals surface area (Å²) in [6, 6.07) is 6.10. The number of nitrogens with zero attached hydrogens (tertiary/aromatic N) is 1. The molecule has 2 nitrogen and oxygen atoms in total. The zero-order valence-electron chi connectivity index (χ0n) is 10.5. The molecule has 0 saturated heterocycles. The third kappa shape index (κ3) is 3.06. The first-order valence-corrected chi connectivity index (χ1v) is 6.52. The van der Waals surface area contributed by atoms with Crippen LogP contribution in [0.1, 0.15) is 22.9 Å². The molecule has 5 heteroatoms. The fourth-order valence-corrected chi connectivity index (χ4v) is 2.53. The molecule has 1 aromatic carbocycles. The lowest BCUT2D eigenvalue weighted by molar-refractivity contribution is 0.619. The van der Waals surface area contributed by atoms with E-state index in [0.29, 0.717) is 15.7 Å². The van der Waals surface area contributed by atoms with Gasteiger partial charge in [0.2, 0.25) is 0 Å². The van der Waals surface area contributed by atoms with Gasteiger partial charge in [-0.15, -0.1) is 0 Å². The van der Waals surface area contributed by atoms with Crippen LogP contribution >= 0.6 is 23.2 Å². The fourth-order valence-electron chi connectivity index (χ4n) is 2.04. The van der Waals surface area contributed by atoms with Crippen molar-refractivity contribution in [3.05, 3.63) is 63.1 Å². The van der Waals surface area contributed by atoms with E-state index in [-0.39, 0.29) is 11.9 Å². The highest BCUT2D eigenvalue weighted by Crippen LogP contribution is 2.30. The number of aromatic nitrogens is 1. The standard InChI is InChI=1S/C14H13Cl2FN2/c1-8-5-10(17)3-4-11(8)13(18-2)14-12(16)6-9(15)7-19-14/h3-7,13,18H,1-2H3. The maximum absolute atomic E-state index is 13.2. The summed E-state index contributed by atoms with van der Waals surface area (Å²) >= 11 is 12.0. The van der Waals surface area contributed by atoms with Crippen LogP contribution in [0.3, 0.4) is 0 Å². The molecule has 1 aromatic heterocycles. The van der Waals surface area contributed by atoms with Gasteiger partial charge in [-0.1, -0.05) is 29.3 Å². The van der Waals surface area contributed by atoms with E-state index in [4.69, 9.17) is 23.2 Å². The Morgan fingerprint density at radius 3 is 2.58 bits per heavy atom. The van der Waals surface area contributed by atoms with Crippen molar-refractivity contribution in [2.24, 2.45) is 0 Å². The summed E-state index contributed by atoms with van der Waals surface area (Å²) in [7, 11) is 1.81. The van der Waals surface area contributed by atoms with Crippen LogP contribution in [0.4, 0.5) is 4.39 Å². The second-order valence-electron chi connectivity index (χ2n) is 4.24. The topological polar surface area (TPSA) is 24.9 Å². The van der Waals surface area contributed by atoms with Crippen molar-refractivity contribution in [1.82, 2.24) is 10.3 Å². The number of aryl methyl sites for hydroxylation is 1. The summed E-state index contributed by atoms with van der Waals surface area (Å²) in [6.45, 7) is 1.85. The molecular weight excluding hydrogens is 286 g/mol. The molecule has 0 aliphatic rings. The van der Waals surface area contributed by atoms with E-state index >= 15 is 0 Å². The van der Waals surface area contributed by atoms with Gasteiger partial charge < -0.3 is 5.32 Å². The van der Waals surface area contributed by atoms with Gasteiger partial charge in [0, 0.05) is 6.20 Å². The number of benzene rings is 1. The highest BCUT2D eigenvalue weighted by atomic mass is 35.5. The first-order valence-electron chi connectivity index (χ1n) is 5.77. The van der Waals surface area contributed by atoms with Gasteiger partial charge in [0.25, 0.3) is 0 Å². The van der Waals surface area contributed by atoms with Crippen LogP contribution in [0.5, 0.6) is 0 Å². The minimum absolute atomic E-state index is 0.203. The Morgan fingerprint density at radius 1 is 1.26 bits per heavy atom. The average Bonchev–Trinajstić information content (AvgIpc) is 2.34. The van der Waals surface area contributed by atoms with Gasteiger partial charge in [-0.2, -0.15) is 0 Å². The quantitative estimate of drug-likeness (QED) is 0.921. The van der Waals surface area contributed by atoms with Gasteiger partial charge in [-0.3, -0.25) is 4.98 Å². The van der Waals surface area contributed by atoms with Crippen molar-refractivity contribution in [2.45, 2.75) is 13.0 Å². The molecule has 1 heterocycles. The first kappa shape index (κ1) is 14.3. The highest BCUT2D eigenvalue weighted by molar-refractivity contribution is 6.34. The molecule has 1 N–H and O–H groups in total. The molecule has 0 spiro atoms. The predicted octanol–water partition coefficient (Wildman–Crippen LogP) is 4.14. The molecule has 0 aliphatic heterocycles. The van der Waals surface area contributed by atoms with Crippen LogP contribution in [0.15, 0.2) is 30.5 Å². The van der Waals surface area contributed by atoms with Crippen molar-refractivity contribution in [2.75, 3.05) is 7.05 Å². The normalized spacial score (nSPS) is 12.5. The molecule has 0 aliphatic carbocycles. The van der Waals surface area contributed by atoms with E-state index in [0.717, 1.165) is 11.1 Å². The van der Waals surface area contributed by atoms with Gasteiger partial charge in [-0.05, 0) is 43.3 Å². The second kappa shape index (κ2) is 5.87. The predicted molar refractivity (Wildman–Crippen MR) is 76.3 cm³/mol. The number of hydrogen-bond donors (Lipinski definition) is 1. The Bertz CT molecular complexity index is 550. The van der Waals surface area contributed by atoms with E-state index in [1.54, 1.807) is 25.4 Å². The minimum Gasteiger partial charge on any atom is -0.308 e. The molecular formula is C14H13Cl2FN2. The Hall–Kier alpha value is -1.16. The zero-order chi connectivity index (χ0) is 14.0. The maximum Gasteiger partial charge on any atom is 0.123 e. The third-order valence-electron chi connectivity index (χ3n) is 2.94. The average molecular weight is 299 g/mol. The molecule has 1 unspecified atom stereocenters. The third-order valence-corrected chi connectivity index (χ3v) is 3.45. The number of halogens is 3. The summed E-state index contributed by atoms with van der Waals surface area (Å²) in [6.07, 6.45) is 1.55. The lowest BCUT2D eigenvalue weighted by Crippen LogP contribution is -2.20. The molecule has 0 saturated carbocycles. The fraction of sp³-hybridized carbons (Fsp3) is 0.214. The summed E-state index contributed by atoms with van der Waals surface area (Å²) < 4.78 is 13.2. The van der Waals surface area contributed by atoms with Crippen LogP contribution in [0.25, 0.3) is 0 Å². The maximum atomic E-state index is 13.2. The van der Waals surface area contributed by atoms with E-state index in [1.165, 1.54) is 12.1 Å². The molecule has 0 bridgehead atoms. The van der Waals surface area contributed by atoms with Gasteiger partial charge in [0.1, 0.15) is 5.82 Å². The number of nitrogens with one attached hydrogen (secondary N) is 1. The molecule has 1 atom stereocenters. The summed E-state index contributed by atoms with van der Waals surface area (Å²) in [5.74, 6) is -0.258. The highest BCUT2D eigenvalue weighted by Gasteiger charge is 2.19. The lowest BCUT2D eigenvalue weighted by atomic mass is 9.98. The lowest BCUT2D eigenvalue weighted by Gasteiger charge is -2.19. The van der Waals surface area contributed by atoms with E-state index < -0.39 is 0 Å². The molecule has 2 rings (SSSR count). The summed E-state index contributed by atoms with van der Waals surface area (Å²) in [4.78, 5) is 4.27. The SMILES string of the molecule is CNC(c1ccc(F)cc1C)c1ncc(Cl)cc1Cl. The molecule has 19 heavy (non-hydrogen) atoms. The van der Waals surface area contributed by atoms with Gasteiger partial charge in [0.15, 0.2) is 0 Å². The Morgan fingerprint density at radius 2 is 2.00 bits per heavy atom. The first-order chi connectivity index (χ1) is 9.02. The van der Waals surface area contributed by atoms with Crippen LogP contribution in [-0.4, -0.2) is 12.0 Å². The second-order valence-corrected chi connectivity index (χ2v) is 5.09. The van der Waals surface area contributed by atoms with Crippen molar-refractivity contribution < 1.29 is 4.39 Å². The Labute approximate surface area is 121 Å². The van der Waals surface area contributed by atoms with Gasteiger partial charge >= 0.3 is 0 Å². The molecule has 0 fully saturated rings. The molecule has 100 valence electrons. The van der Waals surface area contributed by atoms with Gasteiger partial charge in [-0.25, -0.2) is 4.39 Å². The van der Waals surface area contributed by atoms with E-state index in [2.05, 4.69) is 10.3 Å². The van der Waals surface area contributed by atoms with Crippen molar-refractivity contribution in [3.63, 3.8) is 0 Å². The zero-order valence-corrected chi connectivity index (χ0v) is 12.1.